The summed E-state index contributed by atoms with van der Waals surface area (Å²) in [7, 11) is 0. The third-order valence-electron chi connectivity index (χ3n) is 11.5. The number of hydrogen-bond donors (Lipinski definition) is 0. The normalized spacial score (nSPS) is 11.7. The largest absolute Gasteiger partial charge is 0.503 e. The molecule has 2 aliphatic heterocycles. The fraction of sp³-hybridized carbons (Fsp3) is 0.132. The number of ether oxygens (including phenoxy) is 2. The van der Waals surface area contributed by atoms with Gasteiger partial charge in [0.25, 0.3) is 0 Å². The van der Waals surface area contributed by atoms with Crippen LogP contribution in [-0.2, 0) is 20.1 Å². The Labute approximate surface area is 361 Å². The van der Waals surface area contributed by atoms with Crippen LogP contribution < -0.4 is 25.9 Å². The quantitative estimate of drug-likeness (QED) is 0.130. The zero-order valence-electron chi connectivity index (χ0n) is 34.3. The number of rotatable bonds is 4. The van der Waals surface area contributed by atoms with E-state index in [1.807, 2.05) is 54.9 Å². The van der Waals surface area contributed by atoms with Crippen LogP contribution in [0, 0.1) is 60.6 Å². The Morgan fingerprint density at radius 3 is 1.98 bits per heavy atom. The molecule has 8 aromatic rings. The number of nitrogens with zero attached hydrogens (tertiary/aromatic N) is 2. The first-order valence-electron chi connectivity index (χ1n) is 19.8. The van der Waals surface area contributed by atoms with Crippen LogP contribution in [0.1, 0.15) is 38.9 Å². The molecule has 6 aromatic carbocycles. The maximum atomic E-state index is 6.59. The van der Waals surface area contributed by atoms with Crippen molar-refractivity contribution in [1.29, 1.82) is 0 Å². The number of benzene rings is 6. The van der Waals surface area contributed by atoms with Gasteiger partial charge < -0.3 is 19.4 Å². The zero-order valence-corrected chi connectivity index (χ0v) is 36.7. The maximum Gasteiger partial charge on any atom is 0.241 e. The van der Waals surface area contributed by atoms with Gasteiger partial charge in [0.05, 0.1) is 0 Å². The van der Waals surface area contributed by atoms with E-state index in [1.54, 1.807) is 0 Å². The van der Waals surface area contributed by atoms with Crippen LogP contribution in [-0.4, -0.2) is 16.7 Å². The molecule has 1 radical (unpaired) electrons. The standard InChI is InChI=1S/C32H23BNO2.C21H20N.Ir/c1-19-14-15-22(20(2)16-19)24-17-27(34-18-21(24)3)23-8-6-10-26-32(23)36-30-13-7-12-29-31(30)33(26)25-9-4-5-11-28(25)35-29;1-14-5-8-18(9-6-14)21-12-20(17(4)13-22-21)19-10-7-15(2)16(3)11-19;/h4-7,9-18H,1-3H3;5-8,10-13H,1-4H3;/q2*-1;. The molecule has 0 spiro atoms. The zero-order chi connectivity index (χ0) is 40.1. The number of para-hydroxylation sites is 1. The Morgan fingerprint density at radius 2 is 1.22 bits per heavy atom. The molecule has 0 saturated heterocycles. The first kappa shape index (κ1) is 39.7. The summed E-state index contributed by atoms with van der Waals surface area (Å²) >= 11 is 0. The molecule has 2 aromatic heterocycles. The third-order valence-corrected chi connectivity index (χ3v) is 11.5. The smallest absolute Gasteiger partial charge is 0.241 e. The maximum absolute atomic E-state index is 6.59. The molecule has 4 nitrogen and oxygen atoms in total. The molecular weight excluding hydrogens is 900 g/mol. The summed E-state index contributed by atoms with van der Waals surface area (Å²) in [5, 5.41) is 0. The summed E-state index contributed by atoms with van der Waals surface area (Å²) in [4.78, 5) is 9.41. The molecule has 291 valence electrons. The van der Waals surface area contributed by atoms with Crippen molar-refractivity contribution >= 4 is 23.1 Å². The van der Waals surface area contributed by atoms with Crippen LogP contribution in [0.5, 0.6) is 23.0 Å². The van der Waals surface area contributed by atoms with Crippen molar-refractivity contribution in [3.63, 3.8) is 0 Å². The molecular formula is C53H43BIrN2O2-2. The SMILES string of the molecule is Cc1c[c-]c(-c2cc(-c3ccc(C)c(C)c3)c(C)cn2)cc1.Cc1ccc(-c2cc(-c3[c-]ccc4c3Oc3cccc5c3B4c3ccccc3O5)ncc2C)c(C)c1.[Ir]. The van der Waals surface area contributed by atoms with E-state index in [0.717, 1.165) is 67.5 Å². The van der Waals surface area contributed by atoms with Crippen molar-refractivity contribution < 1.29 is 29.6 Å². The number of fused-ring (bicyclic) bond motifs is 4. The minimum atomic E-state index is 0. The van der Waals surface area contributed by atoms with Gasteiger partial charge in [0.1, 0.15) is 17.2 Å². The summed E-state index contributed by atoms with van der Waals surface area (Å²) in [5.74, 6) is 3.37. The average Bonchev–Trinajstić information content (AvgIpc) is 3.23. The van der Waals surface area contributed by atoms with Crippen molar-refractivity contribution in [2.75, 3.05) is 0 Å². The minimum Gasteiger partial charge on any atom is -0.503 e. The van der Waals surface area contributed by atoms with Gasteiger partial charge >= 0.3 is 0 Å². The fourth-order valence-corrected chi connectivity index (χ4v) is 8.15. The third kappa shape index (κ3) is 7.55. The molecule has 0 amide bonds. The Hall–Kier alpha value is -6.07. The topological polar surface area (TPSA) is 44.2 Å². The minimum absolute atomic E-state index is 0. The van der Waals surface area contributed by atoms with E-state index in [1.165, 1.54) is 55.6 Å². The van der Waals surface area contributed by atoms with Crippen molar-refractivity contribution in [1.82, 2.24) is 9.97 Å². The molecule has 0 fully saturated rings. The Balaban J connectivity index is 0.000000181. The molecule has 4 heterocycles. The predicted molar refractivity (Wildman–Crippen MR) is 239 cm³/mol. The summed E-state index contributed by atoms with van der Waals surface area (Å²) in [5.41, 5.74) is 20.7. The molecule has 0 N–H and O–H groups in total. The van der Waals surface area contributed by atoms with Crippen molar-refractivity contribution in [2.45, 2.75) is 48.5 Å². The van der Waals surface area contributed by atoms with Crippen LogP contribution in [0.25, 0.3) is 44.8 Å². The summed E-state index contributed by atoms with van der Waals surface area (Å²) in [6.07, 6.45) is 3.91. The second-order valence-corrected chi connectivity index (χ2v) is 15.6. The van der Waals surface area contributed by atoms with Gasteiger partial charge in [0.15, 0.2) is 0 Å². The van der Waals surface area contributed by atoms with E-state index in [-0.39, 0.29) is 26.8 Å². The van der Waals surface area contributed by atoms with E-state index in [4.69, 9.17) is 14.5 Å². The van der Waals surface area contributed by atoms with Gasteiger partial charge in [-0.1, -0.05) is 90.8 Å². The molecule has 0 atom stereocenters. The molecule has 2 aliphatic rings. The van der Waals surface area contributed by atoms with Crippen LogP contribution in [0.3, 0.4) is 0 Å². The van der Waals surface area contributed by atoms with E-state index in [9.17, 15) is 0 Å². The van der Waals surface area contributed by atoms with Crippen LogP contribution >= 0.6 is 0 Å². The monoisotopic (exact) mass is 943 g/mol. The Morgan fingerprint density at radius 1 is 0.508 bits per heavy atom. The number of aryl methyl sites for hydroxylation is 7. The second kappa shape index (κ2) is 16.3. The van der Waals surface area contributed by atoms with Gasteiger partial charge in [-0.05, 0) is 127 Å². The van der Waals surface area contributed by atoms with Gasteiger partial charge in [-0.3, -0.25) is 0 Å². The van der Waals surface area contributed by atoms with Crippen LogP contribution in [0.4, 0.5) is 0 Å². The molecule has 6 heteroatoms. The molecule has 0 unspecified atom stereocenters. The Kier molecular flexibility index (Phi) is 11.0. The molecule has 59 heavy (non-hydrogen) atoms. The van der Waals surface area contributed by atoms with Crippen molar-refractivity contribution in [3.8, 4) is 67.8 Å². The predicted octanol–water partition coefficient (Wildman–Crippen LogP) is 11.3. The first-order valence-corrected chi connectivity index (χ1v) is 19.8. The van der Waals surface area contributed by atoms with Gasteiger partial charge in [-0.15, -0.1) is 59.1 Å². The van der Waals surface area contributed by atoms with E-state index in [0.29, 0.717) is 0 Å². The van der Waals surface area contributed by atoms with Gasteiger partial charge in [-0.2, -0.15) is 0 Å². The van der Waals surface area contributed by atoms with Crippen LogP contribution in [0.15, 0.2) is 134 Å². The van der Waals surface area contributed by atoms with E-state index in [2.05, 4.69) is 144 Å². The van der Waals surface area contributed by atoms with E-state index >= 15 is 0 Å². The van der Waals surface area contributed by atoms with Gasteiger partial charge in [0, 0.05) is 43.7 Å². The average molecular weight is 943 g/mol. The molecule has 0 bridgehead atoms. The van der Waals surface area contributed by atoms with Gasteiger partial charge in [-0.25, -0.2) is 0 Å². The molecule has 0 aliphatic carbocycles. The van der Waals surface area contributed by atoms with Crippen LogP contribution in [0.2, 0.25) is 0 Å². The number of aromatic nitrogens is 2. The number of hydrogen-bond acceptors (Lipinski definition) is 4. The number of pyridine rings is 2. The summed E-state index contributed by atoms with van der Waals surface area (Å²) in [6.45, 7) is 14.9. The second-order valence-electron chi connectivity index (χ2n) is 15.6. The van der Waals surface area contributed by atoms with E-state index < -0.39 is 0 Å². The fourth-order valence-electron chi connectivity index (χ4n) is 8.15. The first-order chi connectivity index (χ1) is 28.1. The van der Waals surface area contributed by atoms with Crippen molar-refractivity contribution in [3.05, 3.63) is 185 Å². The van der Waals surface area contributed by atoms with Gasteiger partial charge in [0.2, 0.25) is 6.71 Å². The summed E-state index contributed by atoms with van der Waals surface area (Å²) < 4.78 is 12.8. The molecule has 10 rings (SSSR count). The Bertz CT molecular complexity index is 2890. The van der Waals surface area contributed by atoms with Crippen molar-refractivity contribution in [2.24, 2.45) is 0 Å². The summed E-state index contributed by atoms with van der Waals surface area (Å²) in [6, 6.07) is 48.9. The molecule has 0 saturated carbocycles.